The molecule has 0 N–H and O–H groups in total. The van der Waals surface area contributed by atoms with Crippen molar-refractivity contribution in [2.24, 2.45) is 0 Å². The predicted octanol–water partition coefficient (Wildman–Crippen LogP) is 4.34. The maximum atomic E-state index is 6.34. The van der Waals surface area contributed by atoms with E-state index >= 15 is 0 Å². The summed E-state index contributed by atoms with van der Waals surface area (Å²) in [6.07, 6.45) is 0. The lowest BCUT2D eigenvalue weighted by Gasteiger charge is -2.37. The van der Waals surface area contributed by atoms with E-state index in [1.807, 2.05) is 30.3 Å². The van der Waals surface area contributed by atoms with E-state index < -0.39 is 0 Å². The second-order valence-electron chi connectivity index (χ2n) is 6.37. The van der Waals surface area contributed by atoms with E-state index in [1.165, 1.54) is 0 Å². The molecule has 0 bridgehead atoms. The van der Waals surface area contributed by atoms with Gasteiger partial charge in [0.2, 0.25) is 5.75 Å². The summed E-state index contributed by atoms with van der Waals surface area (Å²) in [4.78, 5) is 4.64. The van der Waals surface area contributed by atoms with Gasteiger partial charge in [0.05, 0.1) is 37.1 Å². The van der Waals surface area contributed by atoms with Crippen LogP contribution in [0.25, 0.3) is 0 Å². The smallest absolute Gasteiger partial charge is 0.203 e. The molecule has 0 aliphatic carbocycles. The Balaban J connectivity index is 1.69. The van der Waals surface area contributed by atoms with Crippen LogP contribution in [0.15, 0.2) is 30.3 Å². The van der Waals surface area contributed by atoms with Gasteiger partial charge in [0.25, 0.3) is 0 Å². The van der Waals surface area contributed by atoms with E-state index in [1.54, 1.807) is 21.3 Å². The van der Waals surface area contributed by atoms with Gasteiger partial charge in [-0.25, -0.2) is 0 Å². The summed E-state index contributed by atoms with van der Waals surface area (Å²) < 4.78 is 16.3. The summed E-state index contributed by atoms with van der Waals surface area (Å²) in [6.45, 7) is 4.37. The van der Waals surface area contributed by atoms with Crippen molar-refractivity contribution in [3.8, 4) is 17.2 Å². The summed E-state index contributed by atoms with van der Waals surface area (Å²) >= 11 is 12.7. The van der Waals surface area contributed by atoms with Crippen molar-refractivity contribution in [3.05, 3.63) is 45.9 Å². The highest BCUT2D eigenvalue weighted by atomic mass is 35.5. The van der Waals surface area contributed by atoms with Crippen LogP contribution < -0.4 is 19.1 Å². The van der Waals surface area contributed by atoms with Crippen LogP contribution in [0.4, 0.5) is 5.69 Å². The van der Waals surface area contributed by atoms with Gasteiger partial charge in [-0.15, -0.1) is 0 Å². The standard InChI is InChI=1S/C20H24Cl2N2O3/c1-25-17-11-14(12-18(26-2)20(17)27-3)13-23-7-9-24(10-8-23)19-15(21)5-4-6-16(19)22/h4-6,11-12H,7-10,13H2,1-3H3. The first kappa shape index (κ1) is 19.9. The Bertz CT molecular complexity index is 748. The summed E-state index contributed by atoms with van der Waals surface area (Å²) in [5.41, 5.74) is 2.04. The highest BCUT2D eigenvalue weighted by Crippen LogP contribution is 2.39. The summed E-state index contributed by atoms with van der Waals surface area (Å²) in [6, 6.07) is 9.63. The molecule has 0 spiro atoms. The van der Waals surface area contributed by atoms with Gasteiger partial charge >= 0.3 is 0 Å². The zero-order valence-electron chi connectivity index (χ0n) is 15.8. The quantitative estimate of drug-likeness (QED) is 0.707. The van der Waals surface area contributed by atoms with Gasteiger partial charge in [0.1, 0.15) is 0 Å². The van der Waals surface area contributed by atoms with Crippen molar-refractivity contribution in [3.63, 3.8) is 0 Å². The Labute approximate surface area is 170 Å². The second kappa shape index (κ2) is 8.91. The molecule has 2 aromatic carbocycles. The Hall–Kier alpha value is -1.82. The highest BCUT2D eigenvalue weighted by molar-refractivity contribution is 6.39. The fraction of sp³-hybridized carbons (Fsp3) is 0.400. The fourth-order valence-electron chi connectivity index (χ4n) is 3.41. The molecule has 27 heavy (non-hydrogen) atoms. The van der Waals surface area contributed by atoms with Crippen LogP contribution >= 0.6 is 23.2 Å². The molecular formula is C20H24Cl2N2O3. The lowest BCUT2D eigenvalue weighted by molar-refractivity contribution is 0.248. The van der Waals surface area contributed by atoms with E-state index in [9.17, 15) is 0 Å². The van der Waals surface area contributed by atoms with Crippen LogP contribution in [0, 0.1) is 0 Å². The third kappa shape index (κ3) is 4.37. The molecule has 0 amide bonds. The summed E-state index contributed by atoms with van der Waals surface area (Å²) in [7, 11) is 4.87. The van der Waals surface area contributed by atoms with Crippen LogP contribution in [-0.4, -0.2) is 52.4 Å². The zero-order chi connectivity index (χ0) is 19.4. The van der Waals surface area contributed by atoms with Crippen LogP contribution in [0.2, 0.25) is 10.0 Å². The molecule has 7 heteroatoms. The number of anilines is 1. The van der Waals surface area contributed by atoms with Gasteiger partial charge in [-0.2, -0.15) is 0 Å². The van der Waals surface area contributed by atoms with E-state index in [0.717, 1.165) is 44.0 Å². The molecule has 146 valence electrons. The number of hydrogen-bond acceptors (Lipinski definition) is 5. The van der Waals surface area contributed by atoms with Gasteiger partial charge in [0, 0.05) is 32.7 Å². The number of halogens is 2. The minimum atomic E-state index is 0.613. The summed E-state index contributed by atoms with van der Waals surface area (Å²) in [5.74, 6) is 1.96. The molecule has 0 saturated carbocycles. The van der Waals surface area contributed by atoms with Gasteiger partial charge in [0.15, 0.2) is 11.5 Å². The molecule has 2 aromatic rings. The monoisotopic (exact) mass is 410 g/mol. The lowest BCUT2D eigenvalue weighted by atomic mass is 10.1. The topological polar surface area (TPSA) is 34.2 Å². The van der Waals surface area contributed by atoms with Gasteiger partial charge in [-0.3, -0.25) is 4.90 Å². The largest absolute Gasteiger partial charge is 0.493 e. The number of piperazine rings is 1. The maximum absolute atomic E-state index is 6.34. The van der Waals surface area contributed by atoms with Gasteiger partial charge in [-0.1, -0.05) is 29.3 Å². The minimum absolute atomic E-state index is 0.613. The van der Waals surface area contributed by atoms with Crippen molar-refractivity contribution in [1.29, 1.82) is 0 Å². The van der Waals surface area contributed by atoms with E-state index in [0.29, 0.717) is 27.3 Å². The molecule has 1 aliphatic heterocycles. The van der Waals surface area contributed by atoms with Gasteiger partial charge < -0.3 is 19.1 Å². The average Bonchev–Trinajstić information content (AvgIpc) is 2.68. The first-order valence-electron chi connectivity index (χ1n) is 8.77. The fourth-order valence-corrected chi connectivity index (χ4v) is 4.04. The first-order valence-corrected chi connectivity index (χ1v) is 9.53. The maximum Gasteiger partial charge on any atom is 0.203 e. The molecule has 5 nitrogen and oxygen atoms in total. The van der Waals surface area contributed by atoms with Crippen molar-refractivity contribution in [2.45, 2.75) is 6.54 Å². The number of rotatable bonds is 6. The molecule has 0 atom stereocenters. The Morgan fingerprint density at radius 1 is 0.852 bits per heavy atom. The molecule has 0 unspecified atom stereocenters. The molecule has 1 aliphatic rings. The van der Waals surface area contributed by atoms with Crippen molar-refractivity contribution < 1.29 is 14.2 Å². The van der Waals surface area contributed by atoms with Crippen molar-refractivity contribution in [1.82, 2.24) is 4.90 Å². The summed E-state index contributed by atoms with van der Waals surface area (Å²) in [5, 5.41) is 1.39. The number of methoxy groups -OCH3 is 3. The van der Waals surface area contributed by atoms with Crippen molar-refractivity contribution >= 4 is 28.9 Å². The number of ether oxygens (including phenoxy) is 3. The van der Waals surface area contributed by atoms with E-state index in [2.05, 4.69) is 9.80 Å². The normalized spacial score (nSPS) is 14.9. The number of nitrogens with zero attached hydrogens (tertiary/aromatic N) is 2. The average molecular weight is 411 g/mol. The third-order valence-corrected chi connectivity index (χ3v) is 5.37. The zero-order valence-corrected chi connectivity index (χ0v) is 17.3. The predicted molar refractivity (Wildman–Crippen MR) is 110 cm³/mol. The van der Waals surface area contributed by atoms with E-state index in [4.69, 9.17) is 37.4 Å². The molecule has 1 fully saturated rings. The highest BCUT2D eigenvalue weighted by Gasteiger charge is 2.22. The lowest BCUT2D eigenvalue weighted by Crippen LogP contribution is -2.46. The Morgan fingerprint density at radius 3 is 1.89 bits per heavy atom. The Kier molecular flexibility index (Phi) is 6.58. The molecular weight excluding hydrogens is 387 g/mol. The number of hydrogen-bond donors (Lipinski definition) is 0. The minimum Gasteiger partial charge on any atom is -0.493 e. The van der Waals surface area contributed by atoms with Crippen LogP contribution in [0.5, 0.6) is 17.2 Å². The van der Waals surface area contributed by atoms with Gasteiger partial charge in [-0.05, 0) is 29.8 Å². The van der Waals surface area contributed by atoms with Crippen LogP contribution in [0.3, 0.4) is 0 Å². The number of para-hydroxylation sites is 1. The molecule has 3 rings (SSSR count). The number of benzene rings is 2. The van der Waals surface area contributed by atoms with Crippen molar-refractivity contribution in [2.75, 3.05) is 52.4 Å². The SMILES string of the molecule is COc1cc(CN2CCN(c3c(Cl)cccc3Cl)CC2)cc(OC)c1OC. The first-order chi connectivity index (χ1) is 13.1. The second-order valence-corrected chi connectivity index (χ2v) is 7.18. The molecule has 1 saturated heterocycles. The molecule has 1 heterocycles. The van der Waals surface area contributed by atoms with Crippen LogP contribution in [-0.2, 0) is 6.54 Å². The Morgan fingerprint density at radius 2 is 1.41 bits per heavy atom. The molecule has 0 radical (unpaired) electrons. The third-order valence-electron chi connectivity index (χ3n) is 4.76. The molecule has 0 aromatic heterocycles. The van der Waals surface area contributed by atoms with E-state index in [-0.39, 0.29) is 0 Å². The van der Waals surface area contributed by atoms with Crippen LogP contribution in [0.1, 0.15) is 5.56 Å².